The van der Waals surface area contributed by atoms with E-state index in [-0.39, 0.29) is 18.9 Å². The van der Waals surface area contributed by atoms with E-state index in [1.165, 1.54) is 10.9 Å². The number of alkyl carbamates (subject to hydrolysis) is 1. The molecular weight excluding hydrogens is 448 g/mol. The monoisotopic (exact) mass is 476 g/mol. The Labute approximate surface area is 203 Å². The molecule has 0 saturated heterocycles. The number of carboxylic acid groups (broad SMARTS) is 1. The summed E-state index contributed by atoms with van der Waals surface area (Å²) in [6.45, 7) is 1.92. The quantitative estimate of drug-likeness (QED) is 0.435. The highest BCUT2D eigenvalue weighted by Gasteiger charge is 2.32. The lowest BCUT2D eigenvalue weighted by molar-refractivity contribution is -0.142. The van der Waals surface area contributed by atoms with Gasteiger partial charge in [0.05, 0.1) is 5.69 Å². The first-order valence-corrected chi connectivity index (χ1v) is 11.5. The zero-order chi connectivity index (χ0) is 24.9. The molecule has 1 aliphatic rings. The number of nitrogens with one attached hydrogen (secondary N) is 2. The number of hydrogen-bond acceptors (Lipinski definition) is 5. The van der Waals surface area contributed by atoms with E-state index in [2.05, 4.69) is 15.7 Å². The maximum atomic E-state index is 13.0. The predicted octanol–water partition coefficient (Wildman–Crippen LogP) is 3.37. The van der Waals surface area contributed by atoms with Crippen LogP contribution in [-0.4, -0.2) is 45.5 Å². The first-order chi connectivity index (χ1) is 16.9. The molecule has 2 amide bonds. The number of nitrogens with zero attached hydrogens (tertiary/aromatic N) is 2. The molecule has 35 heavy (non-hydrogen) atoms. The molecule has 0 radical (unpaired) electrons. The molecule has 9 nitrogen and oxygen atoms in total. The zero-order valence-corrected chi connectivity index (χ0v) is 19.6. The van der Waals surface area contributed by atoms with Gasteiger partial charge in [-0.15, -0.1) is 0 Å². The van der Waals surface area contributed by atoms with Crippen molar-refractivity contribution in [1.82, 2.24) is 20.4 Å². The van der Waals surface area contributed by atoms with E-state index in [9.17, 15) is 19.5 Å². The van der Waals surface area contributed by atoms with E-state index in [1.807, 2.05) is 55.5 Å². The average molecular weight is 477 g/mol. The standard InChI is InChI=1S/C26H28N4O5/c1-3-8-21(25(32)33)28-24(31)23(22-13-14-27-30(22)2)29-26(34)35-15-20-18-11-6-4-9-16(18)17-10-5-7-12-19(17)20/h4-7,9-14,20-21,23H,3,8,15H2,1-2H3,(H,28,31)(H,29,34)(H,32,33)/t21-,23?/m1/s1. The minimum Gasteiger partial charge on any atom is -0.480 e. The summed E-state index contributed by atoms with van der Waals surface area (Å²) in [4.78, 5) is 37.4. The maximum absolute atomic E-state index is 13.0. The number of benzene rings is 2. The number of ether oxygens (including phenoxy) is 1. The lowest BCUT2D eigenvalue weighted by Crippen LogP contribution is -2.47. The number of carboxylic acids is 1. The molecule has 0 aliphatic heterocycles. The molecule has 3 aromatic rings. The molecule has 0 spiro atoms. The Hall–Kier alpha value is -4.14. The maximum Gasteiger partial charge on any atom is 0.408 e. The molecule has 3 N–H and O–H groups in total. The Bertz CT molecular complexity index is 1190. The van der Waals surface area contributed by atoms with Gasteiger partial charge in [-0.2, -0.15) is 5.10 Å². The lowest BCUT2D eigenvalue weighted by Gasteiger charge is -2.22. The number of carbonyl (C=O) groups is 3. The van der Waals surface area contributed by atoms with Crippen LogP contribution in [0.1, 0.15) is 48.5 Å². The highest BCUT2D eigenvalue weighted by atomic mass is 16.5. The van der Waals surface area contributed by atoms with Crippen LogP contribution in [0.2, 0.25) is 0 Å². The SMILES string of the molecule is CCC[C@@H](NC(=O)C(NC(=O)OCC1c2ccccc2-c2ccccc21)c1ccnn1C)C(=O)O. The number of fused-ring (bicyclic) bond motifs is 3. The van der Waals surface area contributed by atoms with Crippen molar-refractivity contribution < 1.29 is 24.2 Å². The summed E-state index contributed by atoms with van der Waals surface area (Å²) < 4.78 is 7.03. The number of amides is 2. The van der Waals surface area contributed by atoms with Crippen molar-refractivity contribution in [2.45, 2.75) is 37.8 Å². The van der Waals surface area contributed by atoms with Gasteiger partial charge in [-0.1, -0.05) is 61.9 Å². The summed E-state index contributed by atoms with van der Waals surface area (Å²) in [5.41, 5.74) is 4.77. The van der Waals surface area contributed by atoms with Crippen LogP contribution in [0.4, 0.5) is 4.79 Å². The van der Waals surface area contributed by atoms with Gasteiger partial charge in [0.2, 0.25) is 5.91 Å². The van der Waals surface area contributed by atoms with Crippen LogP contribution in [0.15, 0.2) is 60.8 Å². The average Bonchev–Trinajstić information content (AvgIpc) is 3.41. The molecule has 2 atom stereocenters. The highest BCUT2D eigenvalue weighted by Crippen LogP contribution is 2.44. The topological polar surface area (TPSA) is 123 Å². The number of hydrogen-bond donors (Lipinski definition) is 3. The van der Waals surface area contributed by atoms with Crippen LogP contribution in [0.3, 0.4) is 0 Å². The molecular formula is C26H28N4O5. The molecule has 1 heterocycles. The van der Waals surface area contributed by atoms with Crippen LogP contribution in [0.25, 0.3) is 11.1 Å². The lowest BCUT2D eigenvalue weighted by atomic mass is 9.98. The van der Waals surface area contributed by atoms with Crippen molar-refractivity contribution in [3.05, 3.63) is 77.6 Å². The molecule has 182 valence electrons. The van der Waals surface area contributed by atoms with Gasteiger partial charge in [0.25, 0.3) is 0 Å². The number of aliphatic carboxylic acids is 1. The van der Waals surface area contributed by atoms with Gasteiger partial charge in [0, 0.05) is 19.2 Å². The second-order valence-corrected chi connectivity index (χ2v) is 8.47. The molecule has 0 fully saturated rings. The van der Waals surface area contributed by atoms with E-state index >= 15 is 0 Å². The summed E-state index contributed by atoms with van der Waals surface area (Å²) in [7, 11) is 1.63. The third-order valence-corrected chi connectivity index (χ3v) is 6.21. The van der Waals surface area contributed by atoms with E-state index < -0.39 is 30.1 Å². The van der Waals surface area contributed by atoms with Gasteiger partial charge < -0.3 is 20.5 Å². The summed E-state index contributed by atoms with van der Waals surface area (Å²) in [6.07, 6.45) is 1.56. The smallest absolute Gasteiger partial charge is 0.408 e. The minimum atomic E-state index is -1.17. The van der Waals surface area contributed by atoms with Crippen LogP contribution in [0, 0.1) is 0 Å². The first-order valence-electron chi connectivity index (χ1n) is 11.5. The third kappa shape index (κ3) is 5.03. The molecule has 0 saturated carbocycles. The Kier molecular flexibility index (Phi) is 7.14. The molecule has 1 unspecified atom stereocenters. The Morgan fingerprint density at radius 3 is 2.20 bits per heavy atom. The van der Waals surface area contributed by atoms with Crippen molar-refractivity contribution in [2.75, 3.05) is 6.61 Å². The van der Waals surface area contributed by atoms with Crippen LogP contribution < -0.4 is 10.6 Å². The van der Waals surface area contributed by atoms with Gasteiger partial charge in [0.1, 0.15) is 12.6 Å². The van der Waals surface area contributed by atoms with Gasteiger partial charge in [-0.3, -0.25) is 9.48 Å². The molecule has 2 aromatic carbocycles. The van der Waals surface area contributed by atoms with Gasteiger partial charge in [-0.05, 0) is 34.7 Å². The van der Waals surface area contributed by atoms with Crippen LogP contribution in [0.5, 0.6) is 0 Å². The Morgan fingerprint density at radius 1 is 1.03 bits per heavy atom. The molecule has 0 bridgehead atoms. The Morgan fingerprint density at radius 2 is 1.66 bits per heavy atom. The molecule has 1 aliphatic carbocycles. The number of aromatic nitrogens is 2. The fourth-order valence-corrected chi connectivity index (χ4v) is 4.50. The fraction of sp³-hybridized carbons (Fsp3) is 0.308. The highest BCUT2D eigenvalue weighted by molar-refractivity contribution is 5.90. The van der Waals surface area contributed by atoms with Crippen molar-refractivity contribution in [2.24, 2.45) is 7.05 Å². The fourth-order valence-electron chi connectivity index (χ4n) is 4.50. The van der Waals surface area contributed by atoms with Crippen LogP contribution >= 0.6 is 0 Å². The van der Waals surface area contributed by atoms with Gasteiger partial charge in [0.15, 0.2) is 6.04 Å². The van der Waals surface area contributed by atoms with Crippen molar-refractivity contribution in [1.29, 1.82) is 0 Å². The van der Waals surface area contributed by atoms with Crippen molar-refractivity contribution >= 4 is 18.0 Å². The zero-order valence-electron chi connectivity index (χ0n) is 19.6. The van der Waals surface area contributed by atoms with E-state index in [0.29, 0.717) is 12.1 Å². The third-order valence-electron chi connectivity index (χ3n) is 6.21. The van der Waals surface area contributed by atoms with Gasteiger partial charge in [-0.25, -0.2) is 9.59 Å². The van der Waals surface area contributed by atoms with E-state index in [0.717, 1.165) is 22.3 Å². The normalized spacial score (nSPS) is 13.9. The van der Waals surface area contributed by atoms with Crippen molar-refractivity contribution in [3.8, 4) is 11.1 Å². The summed E-state index contributed by atoms with van der Waals surface area (Å²) in [6, 6.07) is 15.4. The summed E-state index contributed by atoms with van der Waals surface area (Å²) in [5, 5.41) is 18.6. The van der Waals surface area contributed by atoms with E-state index in [1.54, 1.807) is 13.1 Å². The predicted molar refractivity (Wildman–Crippen MR) is 129 cm³/mol. The molecule has 9 heteroatoms. The van der Waals surface area contributed by atoms with E-state index in [4.69, 9.17) is 4.74 Å². The number of rotatable bonds is 9. The van der Waals surface area contributed by atoms with Crippen LogP contribution in [-0.2, 0) is 21.4 Å². The second-order valence-electron chi connectivity index (χ2n) is 8.47. The minimum absolute atomic E-state index is 0.0904. The van der Waals surface area contributed by atoms with Gasteiger partial charge >= 0.3 is 12.1 Å². The largest absolute Gasteiger partial charge is 0.480 e. The number of carbonyl (C=O) groups excluding carboxylic acids is 2. The summed E-state index contributed by atoms with van der Waals surface area (Å²) in [5.74, 6) is -1.91. The second kappa shape index (κ2) is 10.4. The summed E-state index contributed by atoms with van der Waals surface area (Å²) >= 11 is 0. The first kappa shape index (κ1) is 24.0. The Balaban J connectivity index is 1.49. The van der Waals surface area contributed by atoms with Crippen molar-refractivity contribution in [3.63, 3.8) is 0 Å². The molecule has 4 rings (SSSR count). The number of aryl methyl sites for hydroxylation is 1. The molecule has 1 aromatic heterocycles.